The fourth-order valence-corrected chi connectivity index (χ4v) is 5.50. The van der Waals surface area contributed by atoms with Gasteiger partial charge in [-0.1, -0.05) is 12.1 Å². The van der Waals surface area contributed by atoms with Crippen molar-refractivity contribution in [2.24, 2.45) is 5.92 Å². The van der Waals surface area contributed by atoms with Crippen LogP contribution in [0.2, 0.25) is 0 Å². The van der Waals surface area contributed by atoms with E-state index in [2.05, 4.69) is 39.0 Å². The van der Waals surface area contributed by atoms with Gasteiger partial charge >= 0.3 is 0 Å². The van der Waals surface area contributed by atoms with Crippen LogP contribution in [0.15, 0.2) is 36.5 Å². The van der Waals surface area contributed by atoms with Gasteiger partial charge in [-0.15, -0.1) is 0 Å². The first-order valence-corrected chi connectivity index (χ1v) is 10.8. The molecule has 148 valence electrons. The summed E-state index contributed by atoms with van der Waals surface area (Å²) in [6.45, 7) is 5.56. The Labute approximate surface area is 168 Å². The van der Waals surface area contributed by atoms with Gasteiger partial charge in [-0.05, 0) is 67.3 Å². The predicted octanol–water partition coefficient (Wildman–Crippen LogP) is 3.68. The second-order valence-electron chi connectivity index (χ2n) is 8.83. The summed E-state index contributed by atoms with van der Waals surface area (Å²) in [6, 6.07) is 11.6. The molecule has 0 unspecified atom stereocenters. The lowest BCUT2D eigenvalue weighted by atomic mass is 9.94. The Bertz CT molecular complexity index is 822. The number of benzene rings is 1. The Balaban J connectivity index is 1.32. The summed E-state index contributed by atoms with van der Waals surface area (Å²) in [5.41, 5.74) is 5.62. The molecule has 2 aromatic rings. The summed E-state index contributed by atoms with van der Waals surface area (Å²) in [7, 11) is 1.82. The molecule has 0 saturated carbocycles. The van der Waals surface area contributed by atoms with Gasteiger partial charge in [0.05, 0.1) is 12.8 Å². The number of aryl methyl sites for hydroxylation is 2. The third-order valence-electron chi connectivity index (χ3n) is 6.88. The normalized spacial score (nSPS) is 24.9. The van der Waals surface area contributed by atoms with Gasteiger partial charge in [0.25, 0.3) is 0 Å². The molecule has 4 aliphatic rings. The minimum atomic E-state index is 0.639. The van der Waals surface area contributed by atoms with Crippen LogP contribution < -0.4 is 4.74 Å². The summed E-state index contributed by atoms with van der Waals surface area (Å²) in [6.07, 6.45) is 8.32. The van der Waals surface area contributed by atoms with E-state index in [9.17, 15) is 0 Å². The molecule has 28 heavy (non-hydrogen) atoms. The second-order valence-corrected chi connectivity index (χ2v) is 8.83. The van der Waals surface area contributed by atoms with Crippen molar-refractivity contribution in [1.29, 1.82) is 0 Å². The Morgan fingerprint density at radius 1 is 1.04 bits per heavy atom. The standard InChI is InChI=1S/C24H31N3O/c1-28-24-12-20-6-4-5-19(20)11-21(24)15-27-14-18-8-9-23(27)17-26(13-18)16-22-7-2-3-10-25-22/h2-3,7,10-12,18,23H,4-6,8-9,13-17H2,1H3/t18-,23+/m0/s1. The molecule has 4 heteroatoms. The predicted molar refractivity (Wildman–Crippen MR) is 111 cm³/mol. The number of ether oxygens (including phenoxy) is 1. The molecule has 3 aliphatic heterocycles. The van der Waals surface area contributed by atoms with Crippen molar-refractivity contribution >= 4 is 0 Å². The number of aromatic nitrogens is 1. The molecule has 6 rings (SSSR count). The Hall–Kier alpha value is -1.91. The van der Waals surface area contributed by atoms with Crippen molar-refractivity contribution in [2.75, 3.05) is 26.7 Å². The van der Waals surface area contributed by atoms with Crippen LogP contribution in [0.5, 0.6) is 5.75 Å². The van der Waals surface area contributed by atoms with Crippen molar-refractivity contribution < 1.29 is 4.74 Å². The summed E-state index contributed by atoms with van der Waals surface area (Å²) >= 11 is 0. The number of methoxy groups -OCH3 is 1. The lowest BCUT2D eigenvalue weighted by Crippen LogP contribution is -2.43. The average molecular weight is 378 g/mol. The van der Waals surface area contributed by atoms with Crippen LogP contribution in [0, 0.1) is 5.92 Å². The average Bonchev–Trinajstić information content (AvgIpc) is 3.00. The zero-order valence-electron chi connectivity index (χ0n) is 16.9. The molecule has 3 fully saturated rings. The van der Waals surface area contributed by atoms with Gasteiger partial charge < -0.3 is 4.74 Å². The first-order valence-electron chi connectivity index (χ1n) is 10.8. The maximum Gasteiger partial charge on any atom is 0.123 e. The molecule has 4 heterocycles. The van der Waals surface area contributed by atoms with Crippen molar-refractivity contribution in [3.63, 3.8) is 0 Å². The van der Waals surface area contributed by atoms with Gasteiger partial charge in [0.2, 0.25) is 0 Å². The number of piperidine rings is 1. The van der Waals surface area contributed by atoms with Crippen LogP contribution in [0.4, 0.5) is 0 Å². The van der Waals surface area contributed by atoms with E-state index in [1.54, 1.807) is 5.56 Å². The summed E-state index contributed by atoms with van der Waals surface area (Å²) in [5.74, 6) is 1.86. The van der Waals surface area contributed by atoms with Crippen LogP contribution >= 0.6 is 0 Å². The van der Waals surface area contributed by atoms with E-state index in [4.69, 9.17) is 4.74 Å². The number of nitrogens with zero attached hydrogens (tertiary/aromatic N) is 3. The lowest BCUT2D eigenvalue weighted by molar-refractivity contribution is 0.122. The Morgan fingerprint density at radius 3 is 2.75 bits per heavy atom. The van der Waals surface area contributed by atoms with E-state index in [1.807, 2.05) is 19.4 Å². The second kappa shape index (κ2) is 7.84. The SMILES string of the molecule is COc1cc2c(cc1CN1C[C@H]3CC[C@@H]1CN(Cc1ccccn1)C3)CCC2. The van der Waals surface area contributed by atoms with E-state index in [0.717, 1.165) is 31.3 Å². The molecule has 0 spiro atoms. The number of hydrogen-bond donors (Lipinski definition) is 0. The van der Waals surface area contributed by atoms with Crippen LogP contribution in [0.25, 0.3) is 0 Å². The third kappa shape index (κ3) is 3.68. The minimum Gasteiger partial charge on any atom is -0.496 e. The van der Waals surface area contributed by atoms with E-state index >= 15 is 0 Å². The number of fused-ring (bicyclic) bond motifs is 5. The molecule has 1 aromatic heterocycles. The van der Waals surface area contributed by atoms with Gasteiger partial charge in [-0.2, -0.15) is 0 Å². The maximum atomic E-state index is 5.78. The van der Waals surface area contributed by atoms with Crippen LogP contribution in [0.3, 0.4) is 0 Å². The van der Waals surface area contributed by atoms with Crippen LogP contribution in [0.1, 0.15) is 41.6 Å². The van der Waals surface area contributed by atoms with Gasteiger partial charge in [-0.3, -0.25) is 14.8 Å². The molecule has 3 saturated heterocycles. The van der Waals surface area contributed by atoms with E-state index in [1.165, 1.54) is 62.0 Å². The highest BCUT2D eigenvalue weighted by Crippen LogP contribution is 2.34. The van der Waals surface area contributed by atoms with Gasteiger partial charge in [0.15, 0.2) is 0 Å². The highest BCUT2D eigenvalue weighted by atomic mass is 16.5. The molecule has 1 aromatic carbocycles. The van der Waals surface area contributed by atoms with Crippen LogP contribution in [-0.4, -0.2) is 47.6 Å². The van der Waals surface area contributed by atoms with Crippen LogP contribution in [-0.2, 0) is 25.9 Å². The zero-order valence-corrected chi connectivity index (χ0v) is 16.9. The Morgan fingerprint density at radius 2 is 1.93 bits per heavy atom. The monoisotopic (exact) mass is 377 g/mol. The molecular weight excluding hydrogens is 346 g/mol. The van der Waals surface area contributed by atoms with Crippen molar-refractivity contribution in [3.05, 3.63) is 58.9 Å². The third-order valence-corrected chi connectivity index (χ3v) is 6.88. The minimum absolute atomic E-state index is 0.639. The largest absolute Gasteiger partial charge is 0.496 e. The lowest BCUT2D eigenvalue weighted by Gasteiger charge is -2.36. The van der Waals surface area contributed by atoms with Crippen molar-refractivity contribution in [2.45, 2.75) is 51.2 Å². The smallest absolute Gasteiger partial charge is 0.123 e. The zero-order chi connectivity index (χ0) is 18.9. The summed E-state index contributed by atoms with van der Waals surface area (Å²) in [4.78, 5) is 9.90. The molecule has 0 amide bonds. The molecular formula is C24H31N3O. The van der Waals surface area contributed by atoms with E-state index < -0.39 is 0 Å². The summed E-state index contributed by atoms with van der Waals surface area (Å²) in [5, 5.41) is 0. The van der Waals surface area contributed by atoms with Crippen molar-refractivity contribution in [3.8, 4) is 5.75 Å². The first kappa shape index (κ1) is 18.1. The maximum absolute atomic E-state index is 5.78. The van der Waals surface area contributed by atoms with Gasteiger partial charge in [0, 0.05) is 50.5 Å². The quantitative estimate of drug-likeness (QED) is 0.795. The molecule has 2 atom stereocenters. The molecule has 2 bridgehead atoms. The molecule has 0 N–H and O–H groups in total. The van der Waals surface area contributed by atoms with Gasteiger partial charge in [0.1, 0.15) is 5.75 Å². The highest BCUT2D eigenvalue weighted by molar-refractivity contribution is 5.44. The topological polar surface area (TPSA) is 28.6 Å². The molecule has 0 radical (unpaired) electrons. The number of hydrogen-bond acceptors (Lipinski definition) is 4. The molecule has 1 aliphatic carbocycles. The summed E-state index contributed by atoms with van der Waals surface area (Å²) < 4.78 is 5.78. The first-order chi connectivity index (χ1) is 13.8. The van der Waals surface area contributed by atoms with Gasteiger partial charge in [-0.25, -0.2) is 0 Å². The highest BCUT2D eigenvalue weighted by Gasteiger charge is 2.35. The fourth-order valence-electron chi connectivity index (χ4n) is 5.50. The fraction of sp³-hybridized carbons (Fsp3) is 0.542. The Kier molecular flexibility index (Phi) is 5.08. The van der Waals surface area contributed by atoms with E-state index in [0.29, 0.717) is 6.04 Å². The number of rotatable bonds is 5. The number of pyridine rings is 1. The molecule has 4 nitrogen and oxygen atoms in total. The van der Waals surface area contributed by atoms with Crippen molar-refractivity contribution in [1.82, 2.24) is 14.8 Å². The van der Waals surface area contributed by atoms with E-state index in [-0.39, 0.29) is 0 Å².